The summed E-state index contributed by atoms with van der Waals surface area (Å²) in [6.07, 6.45) is 8.60. The molecular formula is C16H20N6O. The van der Waals surface area contributed by atoms with Crippen molar-refractivity contribution in [3.05, 3.63) is 18.3 Å². The number of hydrogen-bond donors (Lipinski definition) is 1. The van der Waals surface area contributed by atoms with Gasteiger partial charge in [0.15, 0.2) is 5.65 Å². The monoisotopic (exact) mass is 312 g/mol. The molecule has 0 unspecified atom stereocenters. The highest BCUT2D eigenvalue weighted by Crippen LogP contribution is 2.35. The maximum atomic E-state index is 5.63. The molecular weight excluding hydrogens is 292 g/mol. The Labute approximate surface area is 134 Å². The molecule has 4 rings (SSSR count). The summed E-state index contributed by atoms with van der Waals surface area (Å²) in [5, 5.41) is 17.2. The van der Waals surface area contributed by atoms with Crippen LogP contribution in [0.1, 0.15) is 38.5 Å². The molecule has 7 nitrogen and oxygen atoms in total. The van der Waals surface area contributed by atoms with Crippen LogP contribution in [0.4, 0.5) is 5.69 Å². The molecule has 1 fully saturated rings. The smallest absolute Gasteiger partial charge is 0.251 e. The zero-order valence-corrected chi connectivity index (χ0v) is 13.4. The fourth-order valence-electron chi connectivity index (χ4n) is 3.26. The van der Waals surface area contributed by atoms with E-state index in [9.17, 15) is 0 Å². The van der Waals surface area contributed by atoms with E-state index in [1.54, 1.807) is 13.1 Å². The van der Waals surface area contributed by atoms with Gasteiger partial charge in [-0.1, -0.05) is 12.8 Å². The summed E-state index contributed by atoms with van der Waals surface area (Å²) in [7, 11) is 0. The molecule has 3 aromatic rings. The number of nitrogens with one attached hydrogen (secondary N) is 1. The molecule has 1 aliphatic rings. The molecule has 1 N–H and O–H groups in total. The molecule has 0 aliphatic heterocycles. The zero-order valence-electron chi connectivity index (χ0n) is 13.4. The predicted octanol–water partition coefficient (Wildman–Crippen LogP) is 3.16. The number of hydrogen-bond acceptors (Lipinski definition) is 6. The van der Waals surface area contributed by atoms with Crippen LogP contribution >= 0.6 is 0 Å². The van der Waals surface area contributed by atoms with Crippen LogP contribution in [-0.2, 0) is 6.54 Å². The van der Waals surface area contributed by atoms with Gasteiger partial charge in [-0.2, -0.15) is 5.10 Å². The van der Waals surface area contributed by atoms with Gasteiger partial charge in [-0.3, -0.25) is 0 Å². The Balaban J connectivity index is 1.86. The van der Waals surface area contributed by atoms with Gasteiger partial charge in [-0.25, -0.2) is 9.67 Å². The lowest BCUT2D eigenvalue weighted by molar-refractivity contribution is 0.532. The molecule has 0 atom stereocenters. The third kappa shape index (κ3) is 2.46. The molecule has 120 valence electrons. The number of fused-ring (bicyclic) bond motifs is 1. The Kier molecular flexibility index (Phi) is 3.48. The minimum atomic E-state index is 0.480. The molecule has 1 aliphatic carbocycles. The fraction of sp³-hybridized carbons (Fsp3) is 0.500. The SMILES string of the molecule is CCn1ncc2c(NC3CCCC3)c(-c3nnc(C)o3)cnc21. The molecule has 0 bridgehead atoms. The molecule has 0 spiro atoms. The van der Waals surface area contributed by atoms with E-state index in [-0.39, 0.29) is 0 Å². The normalized spacial score (nSPS) is 15.6. The van der Waals surface area contributed by atoms with Gasteiger partial charge >= 0.3 is 0 Å². The van der Waals surface area contributed by atoms with Crippen molar-refractivity contribution < 1.29 is 4.42 Å². The number of nitrogens with zero attached hydrogens (tertiary/aromatic N) is 5. The minimum absolute atomic E-state index is 0.480. The van der Waals surface area contributed by atoms with Crippen molar-refractivity contribution in [1.82, 2.24) is 25.0 Å². The number of aromatic nitrogens is 5. The van der Waals surface area contributed by atoms with Gasteiger partial charge in [0.25, 0.3) is 5.89 Å². The number of rotatable bonds is 4. The molecule has 23 heavy (non-hydrogen) atoms. The Hall–Kier alpha value is -2.44. The van der Waals surface area contributed by atoms with E-state index in [0.717, 1.165) is 28.8 Å². The average Bonchev–Trinajstić information content (AvgIpc) is 3.27. The van der Waals surface area contributed by atoms with Crippen LogP contribution in [0.25, 0.3) is 22.5 Å². The van der Waals surface area contributed by atoms with Crippen molar-refractivity contribution in [2.45, 2.75) is 52.1 Å². The van der Waals surface area contributed by atoms with Crippen LogP contribution in [0.2, 0.25) is 0 Å². The van der Waals surface area contributed by atoms with E-state index in [4.69, 9.17) is 4.42 Å². The van der Waals surface area contributed by atoms with Gasteiger partial charge in [0.2, 0.25) is 5.89 Å². The molecule has 0 radical (unpaired) electrons. The molecule has 1 saturated carbocycles. The van der Waals surface area contributed by atoms with E-state index in [0.29, 0.717) is 17.8 Å². The lowest BCUT2D eigenvalue weighted by Gasteiger charge is -2.16. The maximum absolute atomic E-state index is 5.63. The number of pyridine rings is 1. The maximum Gasteiger partial charge on any atom is 0.251 e. The first-order valence-electron chi connectivity index (χ1n) is 8.17. The second-order valence-corrected chi connectivity index (χ2v) is 6.00. The van der Waals surface area contributed by atoms with E-state index in [1.807, 2.05) is 10.9 Å². The molecule has 3 aromatic heterocycles. The van der Waals surface area contributed by atoms with Crippen molar-refractivity contribution in [2.24, 2.45) is 0 Å². The van der Waals surface area contributed by atoms with Crippen LogP contribution in [0.3, 0.4) is 0 Å². The van der Waals surface area contributed by atoms with Crippen LogP contribution < -0.4 is 5.32 Å². The zero-order chi connectivity index (χ0) is 15.8. The molecule has 7 heteroatoms. The van der Waals surface area contributed by atoms with Gasteiger partial charge in [0.05, 0.1) is 22.8 Å². The quantitative estimate of drug-likeness (QED) is 0.797. The lowest BCUT2D eigenvalue weighted by atomic mass is 10.1. The van der Waals surface area contributed by atoms with Crippen LogP contribution in [0.5, 0.6) is 0 Å². The summed E-state index contributed by atoms with van der Waals surface area (Å²) in [5.74, 6) is 1.05. The van der Waals surface area contributed by atoms with Gasteiger partial charge < -0.3 is 9.73 Å². The summed E-state index contributed by atoms with van der Waals surface area (Å²) >= 11 is 0. The highest BCUT2D eigenvalue weighted by Gasteiger charge is 2.22. The Bertz CT molecular complexity index is 830. The average molecular weight is 312 g/mol. The standard InChI is InChI=1S/C16H20N6O/c1-3-22-15-12(9-18-22)14(19-11-6-4-5-7-11)13(8-17-15)16-21-20-10(2)23-16/h8-9,11H,3-7H2,1-2H3,(H,17,19). The number of anilines is 1. The highest BCUT2D eigenvalue weighted by atomic mass is 16.4. The first-order chi connectivity index (χ1) is 11.3. The summed E-state index contributed by atoms with van der Waals surface area (Å²) in [5.41, 5.74) is 2.74. The van der Waals surface area contributed by atoms with Crippen molar-refractivity contribution in [1.29, 1.82) is 0 Å². The third-order valence-electron chi connectivity index (χ3n) is 4.43. The third-order valence-corrected chi connectivity index (χ3v) is 4.43. The topological polar surface area (TPSA) is 81.7 Å². The fourth-order valence-corrected chi connectivity index (χ4v) is 3.26. The summed E-state index contributed by atoms with van der Waals surface area (Å²) < 4.78 is 7.53. The highest BCUT2D eigenvalue weighted by molar-refractivity contribution is 5.96. The summed E-state index contributed by atoms with van der Waals surface area (Å²) in [4.78, 5) is 4.57. The number of aryl methyl sites for hydroxylation is 2. The van der Waals surface area contributed by atoms with Gasteiger partial charge in [-0.15, -0.1) is 10.2 Å². The van der Waals surface area contributed by atoms with Crippen molar-refractivity contribution >= 4 is 16.7 Å². The van der Waals surface area contributed by atoms with Crippen LogP contribution in [-0.4, -0.2) is 31.0 Å². The van der Waals surface area contributed by atoms with Crippen molar-refractivity contribution in [3.8, 4) is 11.5 Å². The second kappa shape index (κ2) is 5.64. The molecule has 0 saturated heterocycles. The molecule has 0 aromatic carbocycles. The first-order valence-corrected chi connectivity index (χ1v) is 8.17. The van der Waals surface area contributed by atoms with Crippen LogP contribution in [0.15, 0.2) is 16.8 Å². The van der Waals surface area contributed by atoms with Crippen LogP contribution in [0, 0.1) is 6.92 Å². The second-order valence-electron chi connectivity index (χ2n) is 6.00. The van der Waals surface area contributed by atoms with Crippen molar-refractivity contribution in [2.75, 3.05) is 5.32 Å². The molecule has 0 amide bonds. The summed E-state index contributed by atoms with van der Waals surface area (Å²) in [6.45, 7) is 4.65. The Morgan fingerprint density at radius 2 is 2.09 bits per heavy atom. The van der Waals surface area contributed by atoms with Crippen molar-refractivity contribution in [3.63, 3.8) is 0 Å². The van der Waals surface area contributed by atoms with E-state index >= 15 is 0 Å². The Morgan fingerprint density at radius 3 is 2.78 bits per heavy atom. The van der Waals surface area contributed by atoms with E-state index in [1.165, 1.54) is 25.7 Å². The minimum Gasteiger partial charge on any atom is -0.421 e. The van der Waals surface area contributed by atoms with Gasteiger partial charge in [0.1, 0.15) is 0 Å². The predicted molar refractivity (Wildman–Crippen MR) is 87.1 cm³/mol. The largest absolute Gasteiger partial charge is 0.421 e. The first kappa shape index (κ1) is 14.2. The van der Waals surface area contributed by atoms with E-state index in [2.05, 4.69) is 32.5 Å². The molecule has 3 heterocycles. The Morgan fingerprint density at radius 1 is 1.26 bits per heavy atom. The lowest BCUT2D eigenvalue weighted by Crippen LogP contribution is -2.15. The van der Waals surface area contributed by atoms with E-state index < -0.39 is 0 Å². The van der Waals surface area contributed by atoms with Gasteiger partial charge in [-0.05, 0) is 19.8 Å². The van der Waals surface area contributed by atoms with Gasteiger partial charge in [0, 0.05) is 25.7 Å². The summed E-state index contributed by atoms with van der Waals surface area (Å²) in [6, 6.07) is 0.480.